The Morgan fingerprint density at radius 3 is 2.43 bits per heavy atom. The Kier molecular flexibility index (Phi) is 4.84. The Hall–Kier alpha value is -3.17. The van der Waals surface area contributed by atoms with Crippen LogP contribution in [-0.2, 0) is 0 Å². The number of nitrogens with zero attached hydrogens (tertiary/aromatic N) is 1. The molecule has 0 unspecified atom stereocenters. The van der Waals surface area contributed by atoms with Gasteiger partial charge in [-0.3, -0.25) is 4.79 Å². The van der Waals surface area contributed by atoms with E-state index in [1.54, 1.807) is 6.07 Å². The lowest BCUT2D eigenvalue weighted by molar-refractivity contribution is 0.102. The third-order valence-corrected chi connectivity index (χ3v) is 5.09. The molecule has 1 amide bonds. The van der Waals surface area contributed by atoms with Crippen LogP contribution in [0.2, 0.25) is 5.02 Å². The number of hydrogen-bond donors (Lipinski definition) is 1. The van der Waals surface area contributed by atoms with E-state index in [0.29, 0.717) is 16.3 Å². The molecule has 0 aliphatic heterocycles. The number of carbonyl (C=O) groups excluding carboxylic acids is 1. The van der Waals surface area contributed by atoms with Gasteiger partial charge in [-0.1, -0.05) is 66.2 Å². The van der Waals surface area contributed by atoms with E-state index < -0.39 is 0 Å². The van der Waals surface area contributed by atoms with E-state index in [2.05, 4.69) is 5.32 Å². The van der Waals surface area contributed by atoms with Crippen molar-refractivity contribution in [2.75, 3.05) is 5.32 Å². The van der Waals surface area contributed by atoms with Gasteiger partial charge in [0, 0.05) is 21.7 Å². The van der Waals surface area contributed by atoms with Crippen LogP contribution in [0.25, 0.3) is 22.2 Å². The number of aryl methyl sites for hydroxylation is 1. The number of amides is 1. The third kappa shape index (κ3) is 3.37. The van der Waals surface area contributed by atoms with Crippen LogP contribution in [0.4, 0.5) is 5.69 Å². The molecule has 0 aliphatic rings. The summed E-state index contributed by atoms with van der Waals surface area (Å²) in [6, 6.07) is 23.1. The van der Waals surface area contributed by atoms with Gasteiger partial charge in [0.25, 0.3) is 5.91 Å². The highest BCUT2D eigenvalue weighted by Gasteiger charge is 2.19. The number of anilines is 1. The molecular formula is C24H19ClN2O. The molecule has 3 aromatic carbocycles. The Morgan fingerprint density at radius 2 is 1.64 bits per heavy atom. The van der Waals surface area contributed by atoms with Gasteiger partial charge in [-0.2, -0.15) is 0 Å². The molecule has 28 heavy (non-hydrogen) atoms. The zero-order valence-corrected chi connectivity index (χ0v) is 16.4. The molecular weight excluding hydrogens is 368 g/mol. The highest BCUT2D eigenvalue weighted by Crippen LogP contribution is 2.30. The summed E-state index contributed by atoms with van der Waals surface area (Å²) in [6.07, 6.45) is 0. The molecule has 4 heteroatoms. The van der Waals surface area contributed by atoms with Crippen molar-refractivity contribution in [2.24, 2.45) is 0 Å². The molecule has 1 heterocycles. The Labute approximate surface area is 169 Å². The molecule has 0 fully saturated rings. The summed E-state index contributed by atoms with van der Waals surface area (Å²) in [7, 11) is 0. The van der Waals surface area contributed by atoms with Gasteiger partial charge in [-0.25, -0.2) is 4.98 Å². The van der Waals surface area contributed by atoms with E-state index in [1.807, 2.05) is 80.6 Å². The Morgan fingerprint density at radius 1 is 0.929 bits per heavy atom. The molecule has 0 aliphatic carbocycles. The van der Waals surface area contributed by atoms with Crippen molar-refractivity contribution >= 4 is 34.1 Å². The molecule has 0 spiro atoms. The van der Waals surface area contributed by atoms with Crippen LogP contribution in [0.5, 0.6) is 0 Å². The molecule has 0 saturated heterocycles. The van der Waals surface area contributed by atoms with Gasteiger partial charge in [0.2, 0.25) is 0 Å². The molecule has 1 aromatic heterocycles. The first-order chi connectivity index (χ1) is 13.5. The van der Waals surface area contributed by atoms with Crippen LogP contribution >= 0.6 is 11.6 Å². The quantitative estimate of drug-likeness (QED) is 0.441. The monoisotopic (exact) mass is 386 g/mol. The summed E-state index contributed by atoms with van der Waals surface area (Å²) in [6.45, 7) is 3.89. The van der Waals surface area contributed by atoms with Crippen LogP contribution in [0.15, 0.2) is 72.8 Å². The zero-order valence-electron chi connectivity index (χ0n) is 15.7. The lowest BCUT2D eigenvalue weighted by atomic mass is 9.97. The fourth-order valence-corrected chi connectivity index (χ4v) is 3.56. The minimum atomic E-state index is -0.168. The fourth-order valence-electron chi connectivity index (χ4n) is 3.39. The van der Waals surface area contributed by atoms with Crippen molar-refractivity contribution in [3.63, 3.8) is 0 Å². The second kappa shape index (κ2) is 7.45. The Balaban J connectivity index is 1.89. The second-order valence-corrected chi connectivity index (χ2v) is 7.19. The predicted octanol–water partition coefficient (Wildman–Crippen LogP) is 6.42. The van der Waals surface area contributed by atoms with Gasteiger partial charge in [0.1, 0.15) is 0 Å². The number of fused-ring (bicyclic) bond motifs is 1. The van der Waals surface area contributed by atoms with Gasteiger partial charge in [-0.05, 0) is 43.2 Å². The molecule has 4 rings (SSSR count). The lowest BCUT2D eigenvalue weighted by Gasteiger charge is -2.16. The van der Waals surface area contributed by atoms with Crippen molar-refractivity contribution in [1.29, 1.82) is 0 Å². The fraction of sp³-hybridized carbons (Fsp3) is 0.0833. The summed E-state index contributed by atoms with van der Waals surface area (Å²) < 4.78 is 0. The number of benzene rings is 3. The van der Waals surface area contributed by atoms with Crippen molar-refractivity contribution in [3.05, 3.63) is 94.5 Å². The van der Waals surface area contributed by atoms with Crippen molar-refractivity contribution in [1.82, 2.24) is 4.98 Å². The molecule has 3 nitrogen and oxygen atoms in total. The van der Waals surface area contributed by atoms with Crippen LogP contribution in [-0.4, -0.2) is 10.9 Å². The third-order valence-electron chi connectivity index (χ3n) is 4.86. The SMILES string of the molecule is Cc1ccc(Cl)cc1NC(=O)c1c(C)c(-c2ccccc2)nc2ccccc12. The van der Waals surface area contributed by atoms with E-state index in [9.17, 15) is 4.79 Å². The van der Waals surface area contributed by atoms with Crippen LogP contribution in [0, 0.1) is 13.8 Å². The standard InChI is InChI=1S/C24H19ClN2O/c1-15-12-13-18(25)14-21(15)27-24(28)22-16(2)23(17-8-4-3-5-9-17)26-20-11-7-6-10-19(20)22/h3-14H,1-2H3,(H,27,28). The van der Waals surface area contributed by atoms with Gasteiger partial charge in [0.05, 0.1) is 16.8 Å². The number of pyridine rings is 1. The molecule has 0 saturated carbocycles. The van der Waals surface area contributed by atoms with E-state index in [-0.39, 0.29) is 5.91 Å². The van der Waals surface area contributed by atoms with E-state index in [1.165, 1.54) is 0 Å². The molecule has 0 atom stereocenters. The first-order valence-electron chi connectivity index (χ1n) is 9.07. The maximum absolute atomic E-state index is 13.3. The minimum Gasteiger partial charge on any atom is -0.322 e. The number of para-hydroxylation sites is 1. The lowest BCUT2D eigenvalue weighted by Crippen LogP contribution is -2.16. The average Bonchev–Trinajstić information content (AvgIpc) is 2.71. The molecule has 4 aromatic rings. The second-order valence-electron chi connectivity index (χ2n) is 6.76. The van der Waals surface area contributed by atoms with Crippen molar-refractivity contribution in [3.8, 4) is 11.3 Å². The van der Waals surface area contributed by atoms with Crippen LogP contribution in [0.1, 0.15) is 21.5 Å². The summed E-state index contributed by atoms with van der Waals surface area (Å²) in [5.74, 6) is -0.168. The van der Waals surface area contributed by atoms with Gasteiger partial charge >= 0.3 is 0 Å². The maximum atomic E-state index is 13.3. The normalized spacial score (nSPS) is 10.8. The van der Waals surface area contributed by atoms with Gasteiger partial charge < -0.3 is 5.32 Å². The zero-order chi connectivity index (χ0) is 19.7. The maximum Gasteiger partial charge on any atom is 0.256 e. The number of carbonyl (C=O) groups is 1. The summed E-state index contributed by atoms with van der Waals surface area (Å²) in [5, 5.41) is 4.44. The van der Waals surface area contributed by atoms with Crippen molar-refractivity contribution < 1.29 is 4.79 Å². The minimum absolute atomic E-state index is 0.168. The average molecular weight is 387 g/mol. The van der Waals surface area contributed by atoms with E-state index >= 15 is 0 Å². The summed E-state index contributed by atoms with van der Waals surface area (Å²) in [5.41, 5.74) is 5.73. The number of nitrogens with one attached hydrogen (secondary N) is 1. The molecule has 0 radical (unpaired) electrons. The van der Waals surface area contributed by atoms with E-state index in [4.69, 9.17) is 16.6 Å². The molecule has 0 bridgehead atoms. The highest BCUT2D eigenvalue weighted by molar-refractivity contribution is 6.31. The topological polar surface area (TPSA) is 42.0 Å². The number of hydrogen-bond acceptors (Lipinski definition) is 2. The number of rotatable bonds is 3. The van der Waals surface area contributed by atoms with Gasteiger partial charge in [0.15, 0.2) is 0 Å². The predicted molar refractivity (Wildman–Crippen MR) is 116 cm³/mol. The number of aromatic nitrogens is 1. The number of halogens is 1. The summed E-state index contributed by atoms with van der Waals surface area (Å²) >= 11 is 6.12. The highest BCUT2D eigenvalue weighted by atomic mass is 35.5. The largest absolute Gasteiger partial charge is 0.322 e. The smallest absolute Gasteiger partial charge is 0.256 e. The first kappa shape index (κ1) is 18.2. The molecule has 138 valence electrons. The van der Waals surface area contributed by atoms with Crippen molar-refractivity contribution in [2.45, 2.75) is 13.8 Å². The molecule has 1 N–H and O–H groups in total. The van der Waals surface area contributed by atoms with Gasteiger partial charge in [-0.15, -0.1) is 0 Å². The Bertz CT molecular complexity index is 1190. The van der Waals surface area contributed by atoms with E-state index in [0.717, 1.165) is 33.3 Å². The van der Waals surface area contributed by atoms with Crippen LogP contribution < -0.4 is 5.32 Å². The van der Waals surface area contributed by atoms with Crippen LogP contribution in [0.3, 0.4) is 0 Å². The first-order valence-corrected chi connectivity index (χ1v) is 9.44. The summed E-state index contributed by atoms with van der Waals surface area (Å²) in [4.78, 5) is 18.1.